The van der Waals surface area contributed by atoms with Crippen LogP contribution in [0, 0.1) is 0 Å². The van der Waals surface area contributed by atoms with Crippen LogP contribution in [0.5, 0.6) is 0 Å². The van der Waals surface area contributed by atoms with Crippen LogP contribution in [-0.4, -0.2) is 43.0 Å². The van der Waals surface area contributed by atoms with Gasteiger partial charge in [0.2, 0.25) is 0 Å². The molecule has 2 aliphatic rings. The molecular weight excluding hydrogens is 340 g/mol. The van der Waals surface area contributed by atoms with Crippen molar-refractivity contribution in [1.29, 1.82) is 0 Å². The van der Waals surface area contributed by atoms with Crippen molar-refractivity contribution in [3.63, 3.8) is 0 Å². The first-order valence-electron chi connectivity index (χ1n) is 8.20. The summed E-state index contributed by atoms with van der Waals surface area (Å²) >= 11 is 0. The van der Waals surface area contributed by atoms with Gasteiger partial charge in [0.15, 0.2) is 12.1 Å². The lowest BCUT2D eigenvalue weighted by Gasteiger charge is -2.32. The Bertz CT molecular complexity index is 710. The van der Waals surface area contributed by atoms with Gasteiger partial charge in [-0.05, 0) is 30.5 Å². The Kier molecular flexibility index (Phi) is 5.33. The summed E-state index contributed by atoms with van der Waals surface area (Å²) in [5.41, 5.74) is 17.3. The average molecular weight is 360 g/mol. The molecule has 1 aromatic carbocycles. The Morgan fingerprint density at radius 1 is 1.04 bits per heavy atom. The molecule has 0 saturated carbocycles. The molecule has 2 saturated heterocycles. The van der Waals surface area contributed by atoms with E-state index < -0.39 is 29.9 Å². The van der Waals surface area contributed by atoms with Crippen molar-refractivity contribution >= 4 is 0 Å². The molecule has 2 heterocycles. The molecule has 0 spiro atoms. The SMILES string of the molecule is CC1(C)OC2C(OCc3ccccc3)OC(CN=[N+]=[N-])(CN=[N+]=[N-])C2O1. The van der Waals surface area contributed by atoms with Gasteiger partial charge in [-0.3, -0.25) is 0 Å². The third-order valence-electron chi connectivity index (χ3n) is 4.33. The summed E-state index contributed by atoms with van der Waals surface area (Å²) in [6.07, 6.45) is -1.87. The molecule has 2 aliphatic heterocycles. The summed E-state index contributed by atoms with van der Waals surface area (Å²) in [5, 5.41) is 7.24. The zero-order valence-electron chi connectivity index (χ0n) is 14.6. The molecule has 0 bridgehead atoms. The minimum atomic E-state index is -1.14. The van der Waals surface area contributed by atoms with E-state index in [-0.39, 0.29) is 13.1 Å². The van der Waals surface area contributed by atoms with Gasteiger partial charge in [-0.2, -0.15) is 0 Å². The van der Waals surface area contributed by atoms with Crippen molar-refractivity contribution in [3.05, 3.63) is 56.8 Å². The lowest BCUT2D eigenvalue weighted by molar-refractivity contribution is -0.255. The van der Waals surface area contributed by atoms with E-state index in [1.54, 1.807) is 13.8 Å². The van der Waals surface area contributed by atoms with Crippen LogP contribution >= 0.6 is 0 Å². The van der Waals surface area contributed by atoms with Gasteiger partial charge in [-0.1, -0.05) is 40.6 Å². The largest absolute Gasteiger partial charge is 0.345 e. The first-order valence-corrected chi connectivity index (χ1v) is 8.20. The van der Waals surface area contributed by atoms with Gasteiger partial charge in [-0.15, -0.1) is 0 Å². The Labute approximate surface area is 150 Å². The Hall–Kier alpha value is -2.32. The fraction of sp³-hybridized carbons (Fsp3) is 0.625. The number of nitrogens with zero attached hydrogens (tertiary/aromatic N) is 6. The molecule has 10 nitrogen and oxygen atoms in total. The Morgan fingerprint density at radius 3 is 2.31 bits per heavy atom. The zero-order valence-corrected chi connectivity index (χ0v) is 14.6. The predicted molar refractivity (Wildman–Crippen MR) is 90.7 cm³/mol. The van der Waals surface area contributed by atoms with Crippen LogP contribution in [0.2, 0.25) is 0 Å². The van der Waals surface area contributed by atoms with E-state index in [2.05, 4.69) is 20.1 Å². The van der Waals surface area contributed by atoms with Crippen LogP contribution in [0.1, 0.15) is 19.4 Å². The second-order valence-electron chi connectivity index (χ2n) is 6.65. The number of azide groups is 2. The second kappa shape index (κ2) is 7.51. The fourth-order valence-corrected chi connectivity index (χ4v) is 3.25. The smallest absolute Gasteiger partial charge is 0.187 e. The molecule has 0 N–H and O–H groups in total. The Morgan fingerprint density at radius 2 is 1.69 bits per heavy atom. The number of benzene rings is 1. The minimum Gasteiger partial charge on any atom is -0.345 e. The Balaban J connectivity index is 1.83. The molecule has 3 rings (SSSR count). The molecule has 0 radical (unpaired) electrons. The third kappa shape index (κ3) is 3.76. The van der Waals surface area contributed by atoms with Crippen molar-refractivity contribution in [2.45, 2.75) is 50.3 Å². The van der Waals surface area contributed by atoms with Gasteiger partial charge in [0.1, 0.15) is 17.8 Å². The fourth-order valence-electron chi connectivity index (χ4n) is 3.25. The molecule has 2 fully saturated rings. The van der Waals surface area contributed by atoms with Crippen LogP contribution in [0.4, 0.5) is 0 Å². The van der Waals surface area contributed by atoms with Crippen LogP contribution in [-0.2, 0) is 25.6 Å². The van der Waals surface area contributed by atoms with Gasteiger partial charge < -0.3 is 18.9 Å². The topological polar surface area (TPSA) is 134 Å². The van der Waals surface area contributed by atoms with E-state index in [0.29, 0.717) is 6.61 Å². The number of hydrogen-bond donors (Lipinski definition) is 0. The molecule has 0 aromatic heterocycles. The number of ether oxygens (including phenoxy) is 4. The summed E-state index contributed by atoms with van der Waals surface area (Å²) in [7, 11) is 0. The number of hydrogen-bond acceptors (Lipinski definition) is 6. The van der Waals surface area contributed by atoms with E-state index in [1.807, 2.05) is 30.3 Å². The van der Waals surface area contributed by atoms with Crippen molar-refractivity contribution in [2.24, 2.45) is 10.2 Å². The average Bonchev–Trinajstić information content (AvgIpc) is 3.10. The highest BCUT2D eigenvalue weighted by molar-refractivity contribution is 5.14. The summed E-state index contributed by atoms with van der Waals surface area (Å²) < 4.78 is 23.9. The monoisotopic (exact) mass is 360 g/mol. The predicted octanol–water partition coefficient (Wildman–Crippen LogP) is 3.44. The summed E-state index contributed by atoms with van der Waals surface area (Å²) in [6.45, 7) is 3.76. The lowest BCUT2D eigenvalue weighted by atomic mass is 9.95. The van der Waals surface area contributed by atoms with Crippen LogP contribution < -0.4 is 0 Å². The quantitative estimate of drug-likeness (QED) is 0.418. The van der Waals surface area contributed by atoms with E-state index in [9.17, 15) is 0 Å². The summed E-state index contributed by atoms with van der Waals surface area (Å²) in [5.74, 6) is -0.856. The van der Waals surface area contributed by atoms with E-state index in [1.165, 1.54) is 0 Å². The van der Waals surface area contributed by atoms with E-state index in [4.69, 9.17) is 30.0 Å². The molecular formula is C16H20N6O4. The zero-order chi connectivity index (χ0) is 18.6. The molecule has 0 amide bonds. The van der Waals surface area contributed by atoms with Gasteiger partial charge in [0.05, 0.1) is 19.7 Å². The minimum absolute atomic E-state index is 0.0612. The second-order valence-corrected chi connectivity index (χ2v) is 6.65. The number of rotatable bonds is 7. The van der Waals surface area contributed by atoms with Crippen molar-refractivity contribution in [3.8, 4) is 0 Å². The van der Waals surface area contributed by atoms with Crippen molar-refractivity contribution < 1.29 is 18.9 Å². The van der Waals surface area contributed by atoms with Crippen molar-refractivity contribution in [1.82, 2.24) is 0 Å². The van der Waals surface area contributed by atoms with Crippen molar-refractivity contribution in [2.75, 3.05) is 13.1 Å². The highest BCUT2D eigenvalue weighted by Crippen LogP contribution is 2.45. The molecule has 3 atom stereocenters. The van der Waals surface area contributed by atoms with Gasteiger partial charge in [0.25, 0.3) is 0 Å². The molecule has 138 valence electrons. The summed E-state index contributed by atoms with van der Waals surface area (Å²) in [6, 6.07) is 9.64. The first-order chi connectivity index (χ1) is 12.5. The molecule has 3 unspecified atom stereocenters. The molecule has 1 aromatic rings. The standard InChI is InChI=1S/C16H20N6O4/c1-15(2)24-12-13(25-15)16(9-19-21-17,10-20-22-18)26-14(12)23-8-11-6-4-3-5-7-11/h3-7,12-14H,8-10H2,1-2H3. The maximum absolute atomic E-state index is 8.72. The van der Waals surface area contributed by atoms with Crippen LogP contribution in [0.25, 0.3) is 20.9 Å². The highest BCUT2D eigenvalue weighted by atomic mass is 16.8. The van der Waals surface area contributed by atoms with Gasteiger partial charge in [0, 0.05) is 9.82 Å². The maximum atomic E-state index is 8.72. The maximum Gasteiger partial charge on any atom is 0.187 e. The first kappa shape index (κ1) is 18.5. The van der Waals surface area contributed by atoms with E-state index >= 15 is 0 Å². The molecule has 10 heteroatoms. The highest BCUT2D eigenvalue weighted by Gasteiger charge is 2.62. The third-order valence-corrected chi connectivity index (χ3v) is 4.33. The van der Waals surface area contributed by atoms with Gasteiger partial charge in [-0.25, -0.2) is 0 Å². The summed E-state index contributed by atoms with van der Waals surface area (Å²) in [4.78, 5) is 5.59. The normalized spacial score (nSPS) is 31.7. The molecule has 26 heavy (non-hydrogen) atoms. The van der Waals surface area contributed by atoms with Crippen LogP contribution in [0.3, 0.4) is 0 Å². The molecule has 0 aliphatic carbocycles. The van der Waals surface area contributed by atoms with Crippen LogP contribution in [0.15, 0.2) is 40.6 Å². The van der Waals surface area contributed by atoms with Gasteiger partial charge >= 0.3 is 0 Å². The lowest BCUT2D eigenvalue weighted by Crippen LogP contribution is -2.48. The number of fused-ring (bicyclic) bond motifs is 1. The van der Waals surface area contributed by atoms with E-state index in [0.717, 1.165) is 5.56 Å².